The van der Waals surface area contributed by atoms with E-state index >= 15 is 0 Å². The molecule has 0 aliphatic carbocycles. The summed E-state index contributed by atoms with van der Waals surface area (Å²) in [6, 6.07) is 71.8. The van der Waals surface area contributed by atoms with Crippen LogP contribution in [0.2, 0.25) is 0 Å². The van der Waals surface area contributed by atoms with Crippen molar-refractivity contribution in [3.05, 3.63) is 194 Å². The molecule has 0 saturated carbocycles. The summed E-state index contributed by atoms with van der Waals surface area (Å²) in [5, 5.41) is 13.3. The van der Waals surface area contributed by atoms with Gasteiger partial charge in [0.2, 0.25) is 0 Å². The van der Waals surface area contributed by atoms with Gasteiger partial charge in [-0.25, -0.2) is 8.42 Å². The SMILES string of the molecule is O=S(=O)([O-])C(F)(F)F.[Rh].c1ccc(P(c2ccccc2)c2ccc3ccccc3c2-c2c(P(c3ccccc3)c3ccccc3)ccc3ccccc23)cc1. The molecule has 8 aromatic carbocycles. The Morgan fingerprint density at radius 1 is 0.400 bits per heavy atom. The van der Waals surface area contributed by atoms with Crippen molar-refractivity contribution in [2.45, 2.75) is 5.51 Å². The first-order chi connectivity index (χ1) is 26.1. The second-order valence-electron chi connectivity index (χ2n) is 12.3. The van der Waals surface area contributed by atoms with Crippen LogP contribution in [0.4, 0.5) is 13.2 Å². The summed E-state index contributed by atoms with van der Waals surface area (Å²) in [5.41, 5.74) is -2.95. The Hall–Kier alpha value is -4.54. The van der Waals surface area contributed by atoms with E-state index in [1.54, 1.807) is 0 Å². The number of rotatable bonds is 7. The van der Waals surface area contributed by atoms with Crippen molar-refractivity contribution in [1.82, 2.24) is 0 Å². The molecule has 0 bridgehead atoms. The van der Waals surface area contributed by atoms with Crippen LogP contribution in [0.5, 0.6) is 0 Å². The van der Waals surface area contributed by atoms with Crippen molar-refractivity contribution >= 4 is 79.3 Å². The van der Waals surface area contributed by atoms with E-state index < -0.39 is 31.5 Å². The topological polar surface area (TPSA) is 57.2 Å². The zero-order valence-electron chi connectivity index (χ0n) is 29.0. The van der Waals surface area contributed by atoms with Crippen molar-refractivity contribution in [1.29, 1.82) is 0 Å². The standard InChI is InChI=1S/C44H32P2.CHF3O3S.Rh/c1-5-19-35(20-6-1)45(36-21-7-2-8-22-36)41-31-29-33-17-13-15-27-39(33)43(41)44-40-28-16-14-18-34(40)30-32-42(44)46(37-23-9-3-10-24-37)38-25-11-4-12-26-38;2-1(3,4)8(5,6)7;/h1-32H;(H,5,6,7);/p-1. The van der Waals surface area contributed by atoms with Gasteiger partial charge >= 0.3 is 5.51 Å². The molecule has 8 aromatic rings. The van der Waals surface area contributed by atoms with Crippen LogP contribution < -0.4 is 31.8 Å². The monoisotopic (exact) mass is 874 g/mol. The molecule has 1 radical (unpaired) electrons. The second-order valence-corrected chi connectivity index (χ2v) is 18.0. The first-order valence-electron chi connectivity index (χ1n) is 17.0. The minimum Gasteiger partial charge on any atom is -0.741 e. The van der Waals surface area contributed by atoms with Crippen LogP contribution in [0.25, 0.3) is 32.7 Å². The van der Waals surface area contributed by atoms with Crippen LogP contribution in [-0.4, -0.2) is 18.5 Å². The average molecular weight is 875 g/mol. The van der Waals surface area contributed by atoms with Crippen LogP contribution in [0.1, 0.15) is 0 Å². The zero-order chi connectivity index (χ0) is 37.7. The fourth-order valence-electron chi connectivity index (χ4n) is 6.58. The zero-order valence-corrected chi connectivity index (χ0v) is 33.2. The van der Waals surface area contributed by atoms with Gasteiger partial charge < -0.3 is 4.55 Å². The summed E-state index contributed by atoms with van der Waals surface area (Å²) in [4.78, 5) is 0. The molecule has 0 N–H and O–H groups in total. The third-order valence-corrected chi connectivity index (χ3v) is 14.4. The van der Waals surface area contributed by atoms with Gasteiger partial charge in [0, 0.05) is 19.5 Å². The van der Waals surface area contributed by atoms with Gasteiger partial charge in [0.05, 0.1) is 0 Å². The first-order valence-corrected chi connectivity index (χ1v) is 21.1. The Balaban J connectivity index is 0.000000518. The Morgan fingerprint density at radius 3 is 0.927 bits per heavy atom. The Morgan fingerprint density at radius 2 is 0.655 bits per heavy atom. The summed E-state index contributed by atoms with van der Waals surface area (Å²) < 4.78 is 58.9. The molecule has 0 heterocycles. The largest absolute Gasteiger partial charge is 0.741 e. The van der Waals surface area contributed by atoms with E-state index in [1.165, 1.54) is 64.5 Å². The fourth-order valence-corrected chi connectivity index (χ4v) is 11.5. The third kappa shape index (κ3) is 8.81. The molecule has 277 valence electrons. The Labute approximate surface area is 333 Å². The van der Waals surface area contributed by atoms with E-state index in [-0.39, 0.29) is 19.5 Å². The average Bonchev–Trinajstić information content (AvgIpc) is 3.19. The number of fused-ring (bicyclic) bond motifs is 2. The molecule has 0 aromatic heterocycles. The fraction of sp³-hybridized carbons (Fsp3) is 0.0222. The predicted octanol–water partition coefficient (Wildman–Crippen LogP) is 9.23. The van der Waals surface area contributed by atoms with E-state index in [9.17, 15) is 13.2 Å². The molecule has 0 atom stereocenters. The molecule has 8 rings (SSSR count). The van der Waals surface area contributed by atoms with Crippen LogP contribution in [-0.2, 0) is 29.6 Å². The number of benzene rings is 8. The van der Waals surface area contributed by atoms with Gasteiger partial charge in [0.1, 0.15) is 0 Å². The quantitative estimate of drug-likeness (QED) is 0.0695. The van der Waals surface area contributed by atoms with Gasteiger partial charge in [-0.15, -0.1) is 0 Å². The number of hydrogen-bond donors (Lipinski definition) is 0. The third-order valence-electron chi connectivity index (χ3n) is 8.89. The van der Waals surface area contributed by atoms with Crippen LogP contribution in [0.15, 0.2) is 194 Å². The molecule has 0 amide bonds. The molecule has 0 fully saturated rings. The molecule has 0 saturated heterocycles. The van der Waals surface area contributed by atoms with E-state index in [0.717, 1.165) is 0 Å². The molecule has 3 nitrogen and oxygen atoms in total. The number of hydrogen-bond acceptors (Lipinski definition) is 3. The Kier molecular flexibility index (Phi) is 12.8. The minimum absolute atomic E-state index is 0. The van der Waals surface area contributed by atoms with Gasteiger partial charge in [-0.2, -0.15) is 13.2 Å². The maximum absolute atomic E-state index is 10.7. The van der Waals surface area contributed by atoms with Crippen molar-refractivity contribution in [3.8, 4) is 11.1 Å². The first kappa shape index (κ1) is 40.1. The number of halogens is 3. The normalized spacial score (nSPS) is 11.6. The molecular weight excluding hydrogens is 842 g/mol. The molecule has 0 aliphatic rings. The van der Waals surface area contributed by atoms with Crippen molar-refractivity contribution in [2.24, 2.45) is 0 Å². The summed E-state index contributed by atoms with van der Waals surface area (Å²) in [6.07, 6.45) is 0. The predicted molar refractivity (Wildman–Crippen MR) is 220 cm³/mol. The molecule has 55 heavy (non-hydrogen) atoms. The summed E-state index contributed by atoms with van der Waals surface area (Å²) in [6.45, 7) is 0. The van der Waals surface area contributed by atoms with Crippen LogP contribution >= 0.6 is 15.8 Å². The van der Waals surface area contributed by atoms with Gasteiger partial charge in [0.25, 0.3) is 0 Å². The Bertz CT molecular complexity index is 2390. The van der Waals surface area contributed by atoms with E-state index in [0.29, 0.717) is 0 Å². The molecule has 0 aliphatic heterocycles. The smallest absolute Gasteiger partial charge is 0.485 e. The van der Waals surface area contributed by atoms with E-state index in [1.807, 2.05) is 0 Å². The molecular formula is C45H32F3O3P2RhS-. The molecule has 0 spiro atoms. The maximum Gasteiger partial charge on any atom is 0.485 e. The summed E-state index contributed by atoms with van der Waals surface area (Å²) in [7, 11) is -7.79. The minimum atomic E-state index is -6.09. The number of alkyl halides is 3. The second kappa shape index (κ2) is 17.5. The summed E-state index contributed by atoms with van der Waals surface area (Å²) in [5.74, 6) is 0. The van der Waals surface area contributed by atoms with Crippen molar-refractivity contribution in [2.75, 3.05) is 0 Å². The molecule has 0 unspecified atom stereocenters. The van der Waals surface area contributed by atoms with Gasteiger partial charge in [-0.3, -0.25) is 0 Å². The van der Waals surface area contributed by atoms with Crippen molar-refractivity contribution < 1.29 is 45.6 Å². The van der Waals surface area contributed by atoms with Gasteiger partial charge in [0.15, 0.2) is 10.1 Å². The maximum atomic E-state index is 10.7. The van der Waals surface area contributed by atoms with Crippen LogP contribution in [0, 0.1) is 0 Å². The van der Waals surface area contributed by atoms with E-state index in [4.69, 9.17) is 13.0 Å². The van der Waals surface area contributed by atoms with Crippen molar-refractivity contribution in [3.63, 3.8) is 0 Å². The molecule has 10 heteroatoms. The van der Waals surface area contributed by atoms with Gasteiger partial charge in [-0.05, 0) is 80.3 Å². The van der Waals surface area contributed by atoms with Gasteiger partial charge in [-0.1, -0.05) is 194 Å². The summed E-state index contributed by atoms with van der Waals surface area (Å²) >= 11 is 0. The van der Waals surface area contributed by atoms with E-state index in [2.05, 4.69) is 194 Å². The van der Waals surface area contributed by atoms with Crippen LogP contribution in [0.3, 0.4) is 0 Å².